The number of hydrogen-bond donors (Lipinski definition) is 0. The van der Waals surface area contributed by atoms with Gasteiger partial charge in [-0.3, -0.25) is 4.79 Å². The van der Waals surface area contributed by atoms with Crippen LogP contribution >= 0.6 is 0 Å². The summed E-state index contributed by atoms with van der Waals surface area (Å²) >= 11 is 0. The number of hydrogen-bond acceptors (Lipinski definition) is 4. The predicted molar refractivity (Wildman–Crippen MR) is 99.0 cm³/mol. The Balaban J connectivity index is 1.57. The molecular weight excluding hydrogens is 338 g/mol. The van der Waals surface area contributed by atoms with Gasteiger partial charge in [-0.2, -0.15) is 0 Å². The van der Waals surface area contributed by atoms with E-state index in [1.165, 1.54) is 9.99 Å². The Bertz CT molecular complexity index is 685. The van der Waals surface area contributed by atoms with E-state index in [0.717, 1.165) is 25.9 Å². The third kappa shape index (κ3) is 4.15. The van der Waals surface area contributed by atoms with Crippen molar-refractivity contribution in [2.45, 2.75) is 19.8 Å². The van der Waals surface area contributed by atoms with Crippen LogP contribution in [-0.2, 0) is 14.8 Å². The maximum Gasteiger partial charge on any atom is 0.227 e. The van der Waals surface area contributed by atoms with E-state index in [4.69, 9.17) is 0 Å². The summed E-state index contributed by atoms with van der Waals surface area (Å²) in [7, 11) is -3.21. The molecule has 2 aliphatic rings. The van der Waals surface area contributed by atoms with Crippen molar-refractivity contribution in [2.24, 2.45) is 5.92 Å². The van der Waals surface area contributed by atoms with Gasteiger partial charge in [-0.15, -0.1) is 0 Å². The fourth-order valence-corrected chi connectivity index (χ4v) is 4.84. The fourth-order valence-electron chi connectivity index (χ4n) is 3.66. The minimum absolute atomic E-state index is 0.101. The topological polar surface area (TPSA) is 60.9 Å². The molecule has 1 amide bonds. The zero-order valence-corrected chi connectivity index (χ0v) is 15.6. The van der Waals surface area contributed by atoms with E-state index < -0.39 is 10.0 Å². The van der Waals surface area contributed by atoms with Crippen LogP contribution in [0.25, 0.3) is 0 Å². The standard InChI is InChI=1S/C18H27N3O3S/c1-2-25(23,24)21-10-6-7-16(15-21)18(22)20-13-11-19(12-14-20)17-8-4-3-5-9-17/h3-5,8-9,16H,2,6-7,10-15H2,1H3/t16-/m1/s1. The van der Waals surface area contributed by atoms with Gasteiger partial charge in [0.2, 0.25) is 15.9 Å². The van der Waals surface area contributed by atoms with Crippen LogP contribution in [0.2, 0.25) is 0 Å². The first-order chi connectivity index (χ1) is 12.0. The van der Waals surface area contributed by atoms with Gasteiger partial charge in [-0.1, -0.05) is 18.2 Å². The van der Waals surface area contributed by atoms with Crippen molar-refractivity contribution in [3.05, 3.63) is 30.3 Å². The molecule has 7 heteroatoms. The van der Waals surface area contributed by atoms with E-state index in [0.29, 0.717) is 26.2 Å². The van der Waals surface area contributed by atoms with Gasteiger partial charge in [0.15, 0.2) is 0 Å². The molecule has 2 heterocycles. The number of anilines is 1. The molecule has 25 heavy (non-hydrogen) atoms. The lowest BCUT2D eigenvalue weighted by Crippen LogP contribution is -2.53. The van der Waals surface area contributed by atoms with E-state index >= 15 is 0 Å². The summed E-state index contributed by atoms with van der Waals surface area (Å²) in [5.41, 5.74) is 1.19. The third-order valence-electron chi connectivity index (χ3n) is 5.20. The number of rotatable bonds is 4. The quantitative estimate of drug-likeness (QED) is 0.809. The van der Waals surface area contributed by atoms with Crippen LogP contribution in [-0.4, -0.2) is 68.6 Å². The number of amides is 1. The van der Waals surface area contributed by atoms with Gasteiger partial charge in [-0.25, -0.2) is 12.7 Å². The summed E-state index contributed by atoms with van der Waals surface area (Å²) < 4.78 is 25.7. The Morgan fingerprint density at radius 3 is 2.40 bits per heavy atom. The van der Waals surface area contributed by atoms with E-state index in [-0.39, 0.29) is 17.6 Å². The molecule has 1 atom stereocenters. The van der Waals surface area contributed by atoms with E-state index in [9.17, 15) is 13.2 Å². The Morgan fingerprint density at radius 2 is 1.76 bits per heavy atom. The molecule has 1 aromatic rings. The molecule has 6 nitrogen and oxygen atoms in total. The minimum atomic E-state index is -3.21. The van der Waals surface area contributed by atoms with Crippen molar-refractivity contribution in [3.63, 3.8) is 0 Å². The highest BCUT2D eigenvalue weighted by Crippen LogP contribution is 2.23. The van der Waals surface area contributed by atoms with Gasteiger partial charge in [-0.05, 0) is 31.9 Å². The molecule has 0 aromatic heterocycles. The first-order valence-electron chi connectivity index (χ1n) is 9.08. The molecule has 0 aliphatic carbocycles. The van der Waals surface area contributed by atoms with Crippen LogP contribution in [0.15, 0.2) is 30.3 Å². The summed E-state index contributed by atoms with van der Waals surface area (Å²) in [5.74, 6) is 0.0194. The number of para-hydroxylation sites is 1. The number of nitrogens with zero attached hydrogens (tertiary/aromatic N) is 3. The lowest BCUT2D eigenvalue weighted by molar-refractivity contribution is -0.137. The average Bonchev–Trinajstić information content (AvgIpc) is 2.68. The smallest absolute Gasteiger partial charge is 0.227 e. The molecule has 0 bridgehead atoms. The zero-order chi connectivity index (χ0) is 17.9. The number of piperidine rings is 1. The number of piperazine rings is 1. The van der Waals surface area contributed by atoms with Crippen LogP contribution in [0.4, 0.5) is 5.69 Å². The van der Waals surface area contributed by atoms with E-state index in [1.807, 2.05) is 23.1 Å². The summed E-state index contributed by atoms with van der Waals surface area (Å²) in [6.07, 6.45) is 1.55. The lowest BCUT2D eigenvalue weighted by atomic mass is 9.97. The molecule has 2 saturated heterocycles. The summed E-state index contributed by atoms with van der Waals surface area (Å²) in [6.45, 7) is 5.58. The molecule has 0 spiro atoms. The Labute approximate surface area is 150 Å². The Morgan fingerprint density at radius 1 is 1.08 bits per heavy atom. The van der Waals surface area contributed by atoms with Crippen LogP contribution in [0, 0.1) is 5.92 Å². The monoisotopic (exact) mass is 365 g/mol. The molecule has 2 aliphatic heterocycles. The molecule has 2 fully saturated rings. The number of carbonyl (C=O) groups is 1. The van der Waals surface area contributed by atoms with Crippen LogP contribution in [0.5, 0.6) is 0 Å². The van der Waals surface area contributed by atoms with Crippen molar-refractivity contribution in [1.29, 1.82) is 0 Å². The molecule has 0 saturated carbocycles. The Kier molecular flexibility index (Phi) is 5.64. The number of sulfonamides is 1. The van der Waals surface area contributed by atoms with Crippen LogP contribution < -0.4 is 4.90 Å². The molecular formula is C18H27N3O3S. The Hall–Kier alpha value is -1.60. The van der Waals surface area contributed by atoms with Gasteiger partial charge in [0.05, 0.1) is 11.7 Å². The van der Waals surface area contributed by atoms with Gasteiger partial charge >= 0.3 is 0 Å². The lowest BCUT2D eigenvalue weighted by Gasteiger charge is -2.39. The largest absolute Gasteiger partial charge is 0.368 e. The molecule has 3 rings (SSSR count). The van der Waals surface area contributed by atoms with Gasteiger partial charge in [0.25, 0.3) is 0 Å². The van der Waals surface area contributed by atoms with Crippen LogP contribution in [0.3, 0.4) is 0 Å². The van der Waals surface area contributed by atoms with Crippen LogP contribution in [0.1, 0.15) is 19.8 Å². The number of benzene rings is 1. The van der Waals surface area contributed by atoms with Crippen molar-refractivity contribution in [1.82, 2.24) is 9.21 Å². The summed E-state index contributed by atoms with van der Waals surface area (Å²) in [5, 5.41) is 0. The fraction of sp³-hybridized carbons (Fsp3) is 0.611. The van der Waals surface area contributed by atoms with Crippen molar-refractivity contribution in [3.8, 4) is 0 Å². The van der Waals surface area contributed by atoms with E-state index in [1.54, 1.807) is 6.92 Å². The molecule has 0 N–H and O–H groups in total. The van der Waals surface area contributed by atoms with Crippen molar-refractivity contribution < 1.29 is 13.2 Å². The summed E-state index contributed by atoms with van der Waals surface area (Å²) in [6, 6.07) is 10.2. The first-order valence-corrected chi connectivity index (χ1v) is 10.7. The second-order valence-corrected chi connectivity index (χ2v) is 9.00. The highest BCUT2D eigenvalue weighted by atomic mass is 32.2. The molecule has 1 aromatic carbocycles. The molecule has 0 unspecified atom stereocenters. The zero-order valence-electron chi connectivity index (χ0n) is 14.8. The van der Waals surface area contributed by atoms with Gasteiger partial charge in [0.1, 0.15) is 0 Å². The van der Waals surface area contributed by atoms with Gasteiger partial charge < -0.3 is 9.80 Å². The summed E-state index contributed by atoms with van der Waals surface area (Å²) in [4.78, 5) is 17.0. The maximum atomic E-state index is 12.8. The maximum absolute atomic E-state index is 12.8. The molecule has 0 radical (unpaired) electrons. The number of carbonyl (C=O) groups excluding carboxylic acids is 1. The predicted octanol–water partition coefficient (Wildman–Crippen LogP) is 1.40. The second-order valence-electron chi connectivity index (χ2n) is 6.75. The third-order valence-corrected chi connectivity index (χ3v) is 7.05. The highest BCUT2D eigenvalue weighted by molar-refractivity contribution is 7.89. The van der Waals surface area contributed by atoms with Crippen molar-refractivity contribution >= 4 is 21.6 Å². The highest BCUT2D eigenvalue weighted by Gasteiger charge is 2.34. The first kappa shape index (κ1) is 18.2. The normalized spacial score (nSPS) is 22.8. The average molecular weight is 365 g/mol. The SMILES string of the molecule is CCS(=O)(=O)N1CCC[C@@H](C(=O)N2CCN(c3ccccc3)CC2)C1. The van der Waals surface area contributed by atoms with Gasteiger partial charge in [0, 0.05) is 45.0 Å². The van der Waals surface area contributed by atoms with E-state index in [2.05, 4.69) is 17.0 Å². The second kappa shape index (κ2) is 7.74. The molecule has 138 valence electrons. The van der Waals surface area contributed by atoms with Crippen molar-refractivity contribution in [2.75, 3.05) is 49.9 Å². The minimum Gasteiger partial charge on any atom is -0.368 e.